The van der Waals surface area contributed by atoms with E-state index in [1.54, 1.807) is 0 Å². The number of H-pyrrole nitrogens is 1. The number of aromatic nitrogens is 1. The molecule has 0 aliphatic heterocycles. The highest BCUT2D eigenvalue weighted by molar-refractivity contribution is 9.08. The van der Waals surface area contributed by atoms with Gasteiger partial charge in [-0.05, 0) is 0 Å². The van der Waals surface area contributed by atoms with Crippen molar-refractivity contribution in [2.45, 2.75) is 11.8 Å². The van der Waals surface area contributed by atoms with Crippen LogP contribution in [0.5, 0.6) is 0 Å². The van der Waals surface area contributed by atoms with E-state index >= 15 is 0 Å². The Morgan fingerprint density at radius 3 is 2.62 bits per heavy atom. The van der Waals surface area contributed by atoms with Crippen molar-refractivity contribution in [1.82, 2.24) is 4.98 Å². The molecule has 1 aromatic heterocycles. The normalized spacial score (nSPS) is 10.8. The van der Waals surface area contributed by atoms with E-state index < -0.39 is 23.4 Å². The lowest BCUT2D eigenvalue weighted by molar-refractivity contribution is 0.145. The molecule has 0 aliphatic rings. The molecule has 0 unspecified atom stereocenters. The fourth-order valence-electron chi connectivity index (χ4n) is 0.846. The summed E-state index contributed by atoms with van der Waals surface area (Å²) in [6.45, 7) is 0. The predicted molar refractivity (Wildman–Crippen MR) is 44.6 cm³/mol. The number of rotatable bonds is 2. The molecule has 1 rings (SSSR count). The summed E-state index contributed by atoms with van der Waals surface area (Å²) >= 11 is 2.84. The molecule has 0 radical (unpaired) electrons. The third kappa shape index (κ3) is 1.93. The van der Waals surface area contributed by atoms with Gasteiger partial charge in [-0.3, -0.25) is 4.79 Å². The van der Waals surface area contributed by atoms with Gasteiger partial charge < -0.3 is 4.98 Å². The molecule has 13 heavy (non-hydrogen) atoms. The smallest absolute Gasteiger partial charge is 0.268 e. The van der Waals surface area contributed by atoms with Crippen LogP contribution < -0.4 is 5.56 Å². The molecule has 0 bridgehead atoms. The molecule has 1 N–H and O–H groups in total. The van der Waals surface area contributed by atoms with Crippen molar-refractivity contribution in [2.24, 2.45) is 0 Å². The highest BCUT2D eigenvalue weighted by Gasteiger charge is 2.18. The third-order valence-corrected chi connectivity index (χ3v) is 2.08. The van der Waals surface area contributed by atoms with Gasteiger partial charge in [0.2, 0.25) is 0 Å². The minimum atomic E-state index is -2.92. The molecule has 0 aliphatic carbocycles. The second-order valence-corrected chi connectivity index (χ2v) is 2.86. The molecule has 72 valence electrons. The molecule has 1 heterocycles. The van der Waals surface area contributed by atoms with Crippen molar-refractivity contribution in [3.63, 3.8) is 0 Å². The molecule has 0 aromatic carbocycles. The summed E-state index contributed by atoms with van der Waals surface area (Å²) in [4.78, 5) is 12.9. The van der Waals surface area contributed by atoms with Gasteiger partial charge in [-0.1, -0.05) is 15.9 Å². The van der Waals surface area contributed by atoms with Crippen LogP contribution in [-0.2, 0) is 5.33 Å². The molecular formula is C7H5BrF3NO. The third-order valence-electron chi connectivity index (χ3n) is 1.52. The number of aromatic amines is 1. The van der Waals surface area contributed by atoms with E-state index in [-0.39, 0.29) is 10.9 Å². The Morgan fingerprint density at radius 1 is 1.54 bits per heavy atom. The molecule has 1 aromatic rings. The Hall–Kier alpha value is -0.780. The van der Waals surface area contributed by atoms with E-state index in [0.717, 1.165) is 0 Å². The van der Waals surface area contributed by atoms with Crippen LogP contribution in [-0.4, -0.2) is 4.98 Å². The molecule has 0 atom stereocenters. The fourth-order valence-corrected chi connectivity index (χ4v) is 1.35. The summed E-state index contributed by atoms with van der Waals surface area (Å²) in [5.74, 6) is -1.14. The van der Waals surface area contributed by atoms with Crippen molar-refractivity contribution < 1.29 is 13.2 Å². The Kier molecular flexibility index (Phi) is 3.13. The first kappa shape index (κ1) is 10.3. The highest BCUT2D eigenvalue weighted by Crippen LogP contribution is 2.22. The first-order chi connectivity index (χ1) is 6.07. The summed E-state index contributed by atoms with van der Waals surface area (Å²) in [6.07, 6.45) is -2.23. The highest BCUT2D eigenvalue weighted by atomic mass is 79.9. The van der Waals surface area contributed by atoms with E-state index in [4.69, 9.17) is 0 Å². The minimum Gasteiger partial charge on any atom is -0.328 e. The zero-order chi connectivity index (χ0) is 10.0. The number of nitrogens with one attached hydrogen (secondary N) is 1. The molecule has 0 saturated heterocycles. The maximum absolute atomic E-state index is 13.1. The van der Waals surface area contributed by atoms with Crippen molar-refractivity contribution in [3.8, 4) is 0 Å². The monoisotopic (exact) mass is 255 g/mol. The molecule has 6 heteroatoms. The lowest BCUT2D eigenvalue weighted by Gasteiger charge is -2.03. The quantitative estimate of drug-likeness (QED) is 0.809. The van der Waals surface area contributed by atoms with Crippen LogP contribution in [0.2, 0.25) is 0 Å². The van der Waals surface area contributed by atoms with Crippen molar-refractivity contribution in [1.29, 1.82) is 0 Å². The first-order valence-electron chi connectivity index (χ1n) is 3.32. The summed E-state index contributed by atoms with van der Waals surface area (Å²) < 4.78 is 37.3. The predicted octanol–water partition coefficient (Wildman–Crippen LogP) is 2.35. The largest absolute Gasteiger partial charge is 0.328 e. The van der Waals surface area contributed by atoms with Gasteiger partial charge in [-0.2, -0.15) is 0 Å². The minimum absolute atomic E-state index is 0.0886. The standard InChI is InChI=1S/C7H5BrF3NO/c8-1-3-5(9)4(6(10)11)2-12-7(3)13/h2,6H,1H2,(H,12,13). The maximum atomic E-state index is 13.1. The van der Waals surface area contributed by atoms with Crippen LogP contribution in [0.4, 0.5) is 13.2 Å². The Morgan fingerprint density at radius 2 is 2.15 bits per heavy atom. The van der Waals surface area contributed by atoms with Crippen LogP contribution >= 0.6 is 15.9 Å². The van der Waals surface area contributed by atoms with Crippen molar-refractivity contribution >= 4 is 15.9 Å². The average Bonchev–Trinajstić information content (AvgIpc) is 2.04. The number of pyridine rings is 1. The lowest BCUT2D eigenvalue weighted by Crippen LogP contribution is -2.15. The van der Waals surface area contributed by atoms with Crippen molar-refractivity contribution in [3.05, 3.63) is 33.5 Å². The maximum Gasteiger partial charge on any atom is 0.268 e. The Bertz CT molecular complexity index is 363. The summed E-state index contributed by atoms with van der Waals surface area (Å²) in [5, 5.41) is -0.0886. The number of alkyl halides is 3. The summed E-state index contributed by atoms with van der Waals surface area (Å²) in [7, 11) is 0. The van der Waals surface area contributed by atoms with Gasteiger partial charge in [0.15, 0.2) is 0 Å². The molecule has 0 saturated carbocycles. The van der Waals surface area contributed by atoms with Gasteiger partial charge in [-0.15, -0.1) is 0 Å². The van der Waals surface area contributed by atoms with Gasteiger partial charge in [-0.25, -0.2) is 13.2 Å². The molecule has 0 fully saturated rings. The summed E-state index contributed by atoms with van der Waals surface area (Å²) in [5.41, 5.74) is -1.79. The number of hydrogen-bond acceptors (Lipinski definition) is 1. The Balaban J connectivity index is 3.36. The van der Waals surface area contributed by atoms with Crippen molar-refractivity contribution in [2.75, 3.05) is 0 Å². The topological polar surface area (TPSA) is 32.9 Å². The van der Waals surface area contributed by atoms with E-state index in [9.17, 15) is 18.0 Å². The van der Waals surface area contributed by atoms with Crippen LogP contribution in [0.15, 0.2) is 11.0 Å². The SMILES string of the molecule is O=c1[nH]cc(C(F)F)c(F)c1CBr. The van der Waals surface area contributed by atoms with Gasteiger partial charge in [0.05, 0.1) is 11.1 Å². The molecule has 0 amide bonds. The second kappa shape index (κ2) is 3.95. The number of hydrogen-bond donors (Lipinski definition) is 1. The number of halogens is 4. The van der Waals surface area contributed by atoms with E-state index in [2.05, 4.69) is 15.9 Å². The van der Waals surface area contributed by atoms with Gasteiger partial charge in [0, 0.05) is 11.5 Å². The zero-order valence-electron chi connectivity index (χ0n) is 6.28. The molecular weight excluding hydrogens is 251 g/mol. The van der Waals surface area contributed by atoms with E-state index in [0.29, 0.717) is 6.20 Å². The average molecular weight is 256 g/mol. The molecule has 2 nitrogen and oxygen atoms in total. The zero-order valence-corrected chi connectivity index (χ0v) is 7.87. The van der Waals surface area contributed by atoms with Crippen LogP contribution in [0.3, 0.4) is 0 Å². The first-order valence-corrected chi connectivity index (χ1v) is 4.44. The Labute approximate surface area is 79.9 Å². The van der Waals surface area contributed by atoms with Gasteiger partial charge >= 0.3 is 0 Å². The van der Waals surface area contributed by atoms with Gasteiger partial charge in [0.1, 0.15) is 5.82 Å². The van der Waals surface area contributed by atoms with E-state index in [1.807, 2.05) is 4.98 Å². The molecule has 0 spiro atoms. The van der Waals surface area contributed by atoms with Crippen LogP contribution in [0.1, 0.15) is 17.6 Å². The van der Waals surface area contributed by atoms with Crippen LogP contribution in [0.25, 0.3) is 0 Å². The van der Waals surface area contributed by atoms with E-state index in [1.165, 1.54) is 0 Å². The lowest BCUT2D eigenvalue weighted by atomic mass is 10.2. The second-order valence-electron chi connectivity index (χ2n) is 2.30. The summed E-state index contributed by atoms with van der Waals surface area (Å²) in [6, 6.07) is 0. The van der Waals surface area contributed by atoms with Crippen LogP contribution in [0, 0.1) is 5.82 Å². The fraction of sp³-hybridized carbons (Fsp3) is 0.286. The van der Waals surface area contributed by atoms with Gasteiger partial charge in [0.25, 0.3) is 12.0 Å².